The largest absolute Gasteiger partial charge is 0.388 e. The number of hydrogen-bond donors (Lipinski definition) is 1. The Kier molecular flexibility index (Phi) is 3.88. The molecule has 1 heterocycles. The van der Waals surface area contributed by atoms with Crippen LogP contribution in [0.15, 0.2) is 24.3 Å². The highest BCUT2D eigenvalue weighted by Crippen LogP contribution is 2.40. The van der Waals surface area contributed by atoms with E-state index in [9.17, 15) is 14.8 Å². The van der Waals surface area contributed by atoms with E-state index in [2.05, 4.69) is 6.07 Å². The smallest absolute Gasteiger partial charge is 0.123 e. The van der Waals surface area contributed by atoms with Gasteiger partial charge in [0.25, 0.3) is 0 Å². The molecule has 1 aliphatic rings. The lowest BCUT2D eigenvalue weighted by Gasteiger charge is -2.42. The van der Waals surface area contributed by atoms with E-state index in [0.717, 1.165) is 6.42 Å². The van der Waals surface area contributed by atoms with Gasteiger partial charge in [-0.3, -0.25) is 0 Å². The van der Waals surface area contributed by atoms with Crippen LogP contribution in [0.1, 0.15) is 25.3 Å². The average Bonchev–Trinajstić information content (AvgIpc) is 2.39. The van der Waals surface area contributed by atoms with Gasteiger partial charge in [0.05, 0.1) is 18.3 Å². The van der Waals surface area contributed by atoms with Gasteiger partial charge in [-0.15, -0.1) is 0 Å². The number of aliphatic hydroxyl groups is 1. The first-order chi connectivity index (χ1) is 8.99. The Bertz CT molecular complexity index is 487. The van der Waals surface area contributed by atoms with Crippen molar-refractivity contribution < 1.29 is 14.2 Å². The molecular formula is C15H18FNO2. The van der Waals surface area contributed by atoms with Crippen LogP contribution >= 0.6 is 0 Å². The van der Waals surface area contributed by atoms with Crippen molar-refractivity contribution in [3.05, 3.63) is 35.6 Å². The molecule has 19 heavy (non-hydrogen) atoms. The van der Waals surface area contributed by atoms with Crippen LogP contribution in [0.2, 0.25) is 0 Å². The van der Waals surface area contributed by atoms with E-state index in [0.29, 0.717) is 18.6 Å². The van der Waals surface area contributed by atoms with E-state index in [1.165, 1.54) is 12.1 Å². The quantitative estimate of drug-likeness (QED) is 0.911. The van der Waals surface area contributed by atoms with Gasteiger partial charge < -0.3 is 9.84 Å². The van der Waals surface area contributed by atoms with Crippen molar-refractivity contribution in [3.8, 4) is 6.07 Å². The fourth-order valence-electron chi connectivity index (χ4n) is 2.64. The second kappa shape index (κ2) is 5.28. The molecule has 1 aliphatic heterocycles. The van der Waals surface area contributed by atoms with Gasteiger partial charge in [-0.2, -0.15) is 5.26 Å². The lowest BCUT2D eigenvalue weighted by molar-refractivity contribution is -0.107. The van der Waals surface area contributed by atoms with E-state index < -0.39 is 11.0 Å². The van der Waals surface area contributed by atoms with Crippen LogP contribution in [-0.4, -0.2) is 23.9 Å². The number of benzene rings is 1. The summed E-state index contributed by atoms with van der Waals surface area (Å²) in [7, 11) is 0. The summed E-state index contributed by atoms with van der Waals surface area (Å²) in [6.07, 6.45) is 1.60. The predicted molar refractivity (Wildman–Crippen MR) is 68.8 cm³/mol. The molecule has 0 spiro atoms. The summed E-state index contributed by atoms with van der Waals surface area (Å²) in [5.41, 5.74) is -1.47. The zero-order valence-corrected chi connectivity index (χ0v) is 11.0. The molecule has 1 fully saturated rings. The topological polar surface area (TPSA) is 53.2 Å². The maximum Gasteiger partial charge on any atom is 0.123 e. The summed E-state index contributed by atoms with van der Waals surface area (Å²) in [5.74, 6) is -0.334. The van der Waals surface area contributed by atoms with Crippen LogP contribution in [0.5, 0.6) is 0 Å². The Morgan fingerprint density at radius 1 is 1.58 bits per heavy atom. The Balaban J connectivity index is 2.23. The van der Waals surface area contributed by atoms with Crippen molar-refractivity contribution in [2.75, 3.05) is 13.2 Å². The van der Waals surface area contributed by atoms with Crippen molar-refractivity contribution in [1.29, 1.82) is 5.26 Å². The van der Waals surface area contributed by atoms with Crippen LogP contribution in [0.4, 0.5) is 4.39 Å². The summed E-state index contributed by atoms with van der Waals surface area (Å²) >= 11 is 0. The van der Waals surface area contributed by atoms with E-state index in [1.54, 1.807) is 19.1 Å². The third-order valence-corrected chi connectivity index (χ3v) is 3.92. The first-order valence-corrected chi connectivity index (χ1v) is 6.45. The van der Waals surface area contributed by atoms with Gasteiger partial charge >= 0.3 is 0 Å². The van der Waals surface area contributed by atoms with E-state index in [-0.39, 0.29) is 18.8 Å². The first-order valence-electron chi connectivity index (χ1n) is 6.45. The van der Waals surface area contributed by atoms with Gasteiger partial charge in [0.2, 0.25) is 0 Å². The predicted octanol–water partition coefficient (Wildman–Crippen LogP) is 2.44. The standard InChI is InChI=1S/C15H18FNO2/c1-14(18,9-12-4-2-5-13(16)8-12)15(10-17)6-3-7-19-11-15/h2,4-5,8,18H,3,6-7,9,11H2,1H3. The molecule has 1 aromatic carbocycles. The summed E-state index contributed by atoms with van der Waals surface area (Å²) in [6, 6.07) is 8.34. The molecule has 0 aromatic heterocycles. The minimum atomic E-state index is -1.24. The minimum Gasteiger partial charge on any atom is -0.388 e. The molecule has 0 aliphatic carbocycles. The molecule has 3 nitrogen and oxygen atoms in total. The van der Waals surface area contributed by atoms with Gasteiger partial charge in [-0.25, -0.2) is 4.39 Å². The Morgan fingerprint density at radius 2 is 2.37 bits per heavy atom. The van der Waals surface area contributed by atoms with Crippen molar-refractivity contribution in [1.82, 2.24) is 0 Å². The number of hydrogen-bond acceptors (Lipinski definition) is 3. The average molecular weight is 263 g/mol. The summed E-state index contributed by atoms with van der Waals surface area (Å²) in [5, 5.41) is 20.2. The molecule has 102 valence electrons. The zero-order valence-electron chi connectivity index (χ0n) is 11.0. The molecule has 1 aromatic rings. The molecule has 1 saturated heterocycles. The van der Waals surface area contributed by atoms with Crippen molar-refractivity contribution in [2.45, 2.75) is 31.8 Å². The summed E-state index contributed by atoms with van der Waals surface area (Å²) in [4.78, 5) is 0. The highest BCUT2D eigenvalue weighted by molar-refractivity contribution is 5.22. The van der Waals surface area contributed by atoms with Crippen molar-refractivity contribution in [2.24, 2.45) is 5.41 Å². The zero-order chi connectivity index (χ0) is 13.9. The molecule has 1 N–H and O–H groups in total. The summed E-state index contributed by atoms with van der Waals surface area (Å²) < 4.78 is 18.6. The second-order valence-electron chi connectivity index (χ2n) is 5.43. The molecule has 0 saturated carbocycles. The minimum absolute atomic E-state index is 0.228. The van der Waals surface area contributed by atoms with Gasteiger partial charge in [0.15, 0.2) is 0 Å². The third-order valence-electron chi connectivity index (χ3n) is 3.92. The van der Waals surface area contributed by atoms with Gasteiger partial charge in [0.1, 0.15) is 11.2 Å². The number of halogens is 1. The Hall–Kier alpha value is -1.44. The van der Waals surface area contributed by atoms with Crippen LogP contribution < -0.4 is 0 Å². The van der Waals surface area contributed by atoms with E-state index in [1.807, 2.05) is 0 Å². The molecule has 0 bridgehead atoms. The number of nitrogens with zero attached hydrogens (tertiary/aromatic N) is 1. The number of ether oxygens (including phenoxy) is 1. The van der Waals surface area contributed by atoms with Crippen LogP contribution in [0.3, 0.4) is 0 Å². The maximum absolute atomic E-state index is 13.2. The molecule has 2 unspecified atom stereocenters. The normalized spacial score (nSPS) is 26.4. The van der Waals surface area contributed by atoms with Crippen LogP contribution in [0.25, 0.3) is 0 Å². The van der Waals surface area contributed by atoms with Crippen LogP contribution in [0, 0.1) is 22.6 Å². The Morgan fingerprint density at radius 3 is 2.95 bits per heavy atom. The maximum atomic E-state index is 13.2. The molecule has 0 amide bonds. The van der Waals surface area contributed by atoms with Crippen LogP contribution in [-0.2, 0) is 11.2 Å². The highest BCUT2D eigenvalue weighted by Gasteiger charge is 2.48. The Labute approximate surface area is 112 Å². The molecule has 4 heteroatoms. The fraction of sp³-hybridized carbons (Fsp3) is 0.533. The second-order valence-corrected chi connectivity index (χ2v) is 5.43. The van der Waals surface area contributed by atoms with Crippen molar-refractivity contribution >= 4 is 0 Å². The van der Waals surface area contributed by atoms with Gasteiger partial charge in [0, 0.05) is 13.0 Å². The number of rotatable bonds is 3. The molecular weight excluding hydrogens is 245 g/mol. The lowest BCUT2D eigenvalue weighted by atomic mass is 9.68. The molecule has 2 atom stereocenters. The van der Waals surface area contributed by atoms with E-state index in [4.69, 9.17) is 4.74 Å². The number of nitriles is 1. The SMILES string of the molecule is CC(O)(Cc1cccc(F)c1)C1(C#N)CCCOC1. The summed E-state index contributed by atoms with van der Waals surface area (Å²) in [6.45, 7) is 2.49. The molecule has 0 radical (unpaired) electrons. The third kappa shape index (κ3) is 2.78. The van der Waals surface area contributed by atoms with Gasteiger partial charge in [-0.05, 0) is 37.5 Å². The van der Waals surface area contributed by atoms with Crippen molar-refractivity contribution in [3.63, 3.8) is 0 Å². The lowest BCUT2D eigenvalue weighted by Crippen LogP contribution is -2.51. The molecule has 2 rings (SSSR count). The van der Waals surface area contributed by atoms with E-state index >= 15 is 0 Å². The van der Waals surface area contributed by atoms with Gasteiger partial charge in [-0.1, -0.05) is 12.1 Å². The fourth-order valence-corrected chi connectivity index (χ4v) is 2.64. The highest BCUT2D eigenvalue weighted by atomic mass is 19.1. The monoisotopic (exact) mass is 263 g/mol. The first kappa shape index (κ1) is 14.0.